The van der Waals surface area contributed by atoms with Crippen LogP contribution in [-0.4, -0.2) is 41.3 Å². The van der Waals surface area contributed by atoms with E-state index in [-0.39, 0.29) is 12.3 Å². The number of halogens is 3. The van der Waals surface area contributed by atoms with Crippen molar-refractivity contribution in [2.45, 2.75) is 64.9 Å². The second-order valence-corrected chi connectivity index (χ2v) is 6.17. The zero-order valence-corrected chi connectivity index (χ0v) is 12.9. The summed E-state index contributed by atoms with van der Waals surface area (Å²) in [5.74, 6) is -0.785. The van der Waals surface area contributed by atoms with Gasteiger partial charge in [-0.3, -0.25) is 10.1 Å². The van der Waals surface area contributed by atoms with E-state index in [4.69, 9.17) is 9.94 Å². The Balaban J connectivity index is 5.10. The number of nitrogens with zero attached hydrogens (tertiary/aromatic N) is 1. The molecule has 1 unspecified atom stereocenters. The number of carbonyl (C=O) groups excluding carboxylic acids is 1. The van der Waals surface area contributed by atoms with Crippen molar-refractivity contribution in [1.82, 2.24) is 5.32 Å². The van der Waals surface area contributed by atoms with Crippen LogP contribution >= 0.6 is 0 Å². The van der Waals surface area contributed by atoms with Gasteiger partial charge in [0, 0.05) is 0 Å². The summed E-state index contributed by atoms with van der Waals surface area (Å²) in [5.41, 5.74) is -0.799. The standard InChI is InChI=1S/C13H23F3N2O3/c1-8(2)6-9(11(19)21-12(3,4)5)18-10(7-17-20)13(14,15)16/h7-10,18,20H,6H2,1-5H3/b17-7+/t9-,10?/m0/s1. The van der Waals surface area contributed by atoms with Crippen LogP contribution in [0.5, 0.6) is 0 Å². The third-order valence-corrected chi connectivity index (χ3v) is 2.35. The van der Waals surface area contributed by atoms with Crippen molar-refractivity contribution in [2.75, 3.05) is 0 Å². The number of rotatable bonds is 6. The van der Waals surface area contributed by atoms with Crippen LogP contribution in [0.2, 0.25) is 0 Å². The lowest BCUT2D eigenvalue weighted by atomic mass is 10.0. The molecule has 0 saturated heterocycles. The smallest absolute Gasteiger partial charge is 0.408 e. The third-order valence-electron chi connectivity index (χ3n) is 2.35. The molecule has 0 rings (SSSR count). The van der Waals surface area contributed by atoms with Crippen LogP contribution < -0.4 is 5.32 Å². The van der Waals surface area contributed by atoms with Crippen LogP contribution in [0.4, 0.5) is 13.2 Å². The number of carbonyl (C=O) groups is 1. The Kier molecular flexibility index (Phi) is 7.15. The van der Waals surface area contributed by atoms with Crippen LogP contribution in [0.1, 0.15) is 41.0 Å². The molecule has 0 aromatic heterocycles. The Hall–Kier alpha value is -1.31. The molecule has 21 heavy (non-hydrogen) atoms. The van der Waals surface area contributed by atoms with Gasteiger partial charge in [0.05, 0.1) is 6.21 Å². The quantitative estimate of drug-likeness (QED) is 0.342. The van der Waals surface area contributed by atoms with Gasteiger partial charge in [-0.15, -0.1) is 5.16 Å². The van der Waals surface area contributed by atoms with Crippen molar-refractivity contribution in [1.29, 1.82) is 0 Å². The third kappa shape index (κ3) is 8.54. The van der Waals surface area contributed by atoms with E-state index in [1.54, 1.807) is 34.6 Å². The summed E-state index contributed by atoms with van der Waals surface area (Å²) < 4.78 is 43.5. The number of alkyl halides is 3. The maximum atomic E-state index is 12.8. The summed E-state index contributed by atoms with van der Waals surface area (Å²) in [5, 5.41) is 12.9. The Labute approximate surface area is 122 Å². The molecule has 0 radical (unpaired) electrons. The summed E-state index contributed by atoms with van der Waals surface area (Å²) >= 11 is 0. The van der Waals surface area contributed by atoms with Crippen LogP contribution in [0.15, 0.2) is 5.16 Å². The minimum absolute atomic E-state index is 0.0185. The second kappa shape index (κ2) is 7.63. The lowest BCUT2D eigenvalue weighted by molar-refractivity contribution is -0.162. The molecule has 2 atom stereocenters. The Morgan fingerprint density at radius 3 is 2.19 bits per heavy atom. The predicted molar refractivity (Wildman–Crippen MR) is 72.3 cm³/mol. The van der Waals surface area contributed by atoms with Gasteiger partial charge in [0.2, 0.25) is 0 Å². The summed E-state index contributed by atoms with van der Waals surface area (Å²) in [6, 6.07) is -3.37. The van der Waals surface area contributed by atoms with Crippen molar-refractivity contribution in [3.05, 3.63) is 0 Å². The summed E-state index contributed by atoms with van der Waals surface area (Å²) in [7, 11) is 0. The average Bonchev–Trinajstić information content (AvgIpc) is 2.22. The number of hydrogen-bond acceptors (Lipinski definition) is 5. The second-order valence-electron chi connectivity index (χ2n) is 6.17. The van der Waals surface area contributed by atoms with Gasteiger partial charge in [-0.2, -0.15) is 13.2 Å². The van der Waals surface area contributed by atoms with Gasteiger partial charge in [0.25, 0.3) is 0 Å². The maximum Gasteiger partial charge on any atom is 0.408 e. The fourth-order valence-corrected chi connectivity index (χ4v) is 1.58. The van der Waals surface area contributed by atoms with E-state index >= 15 is 0 Å². The molecule has 2 N–H and O–H groups in total. The summed E-state index contributed by atoms with van der Waals surface area (Å²) in [6.45, 7) is 8.46. The molecule has 0 fully saturated rings. The maximum absolute atomic E-state index is 12.8. The highest BCUT2D eigenvalue weighted by molar-refractivity contribution is 5.77. The largest absolute Gasteiger partial charge is 0.459 e. The minimum Gasteiger partial charge on any atom is -0.459 e. The van der Waals surface area contributed by atoms with E-state index in [0.29, 0.717) is 6.21 Å². The van der Waals surface area contributed by atoms with Gasteiger partial charge < -0.3 is 9.94 Å². The minimum atomic E-state index is -4.68. The molecule has 0 aromatic rings. The zero-order chi connectivity index (χ0) is 16.8. The van der Waals surface area contributed by atoms with Gasteiger partial charge in [-0.05, 0) is 33.1 Å². The first-order chi connectivity index (χ1) is 9.36. The van der Waals surface area contributed by atoms with Gasteiger partial charge in [-0.1, -0.05) is 13.8 Å². The lowest BCUT2D eigenvalue weighted by Gasteiger charge is -2.28. The molecule has 5 nitrogen and oxygen atoms in total. The summed E-state index contributed by atoms with van der Waals surface area (Å²) in [6.07, 6.45) is -4.21. The molecule has 0 heterocycles. The molecule has 0 aliphatic carbocycles. The highest BCUT2D eigenvalue weighted by Gasteiger charge is 2.41. The van der Waals surface area contributed by atoms with Crippen molar-refractivity contribution in [3.8, 4) is 0 Å². The van der Waals surface area contributed by atoms with E-state index in [1.807, 2.05) is 0 Å². The number of esters is 1. The average molecular weight is 312 g/mol. The van der Waals surface area contributed by atoms with Gasteiger partial charge in [0.15, 0.2) is 0 Å². The van der Waals surface area contributed by atoms with E-state index in [0.717, 1.165) is 0 Å². The monoisotopic (exact) mass is 312 g/mol. The van der Waals surface area contributed by atoms with Crippen LogP contribution in [0, 0.1) is 5.92 Å². The normalized spacial score (nSPS) is 16.2. The van der Waals surface area contributed by atoms with Crippen LogP contribution in [0.25, 0.3) is 0 Å². The molecule has 124 valence electrons. The number of ether oxygens (including phenoxy) is 1. The summed E-state index contributed by atoms with van der Waals surface area (Å²) in [4.78, 5) is 12.0. The van der Waals surface area contributed by atoms with Crippen LogP contribution in [-0.2, 0) is 9.53 Å². The molecule has 0 aliphatic heterocycles. The zero-order valence-electron chi connectivity index (χ0n) is 12.9. The Morgan fingerprint density at radius 1 is 1.33 bits per heavy atom. The van der Waals surface area contributed by atoms with Crippen molar-refractivity contribution >= 4 is 12.2 Å². The Morgan fingerprint density at radius 2 is 1.86 bits per heavy atom. The van der Waals surface area contributed by atoms with Crippen molar-refractivity contribution in [2.24, 2.45) is 11.1 Å². The lowest BCUT2D eigenvalue weighted by Crippen LogP contribution is -2.53. The molecular weight excluding hydrogens is 289 g/mol. The van der Waals surface area contributed by atoms with Crippen molar-refractivity contribution in [3.63, 3.8) is 0 Å². The van der Waals surface area contributed by atoms with Gasteiger partial charge in [0.1, 0.15) is 17.7 Å². The molecule has 0 spiro atoms. The van der Waals surface area contributed by atoms with Crippen molar-refractivity contribution < 1.29 is 27.9 Å². The van der Waals surface area contributed by atoms with Gasteiger partial charge >= 0.3 is 12.1 Å². The fourth-order valence-electron chi connectivity index (χ4n) is 1.58. The van der Waals surface area contributed by atoms with Gasteiger partial charge in [-0.25, -0.2) is 0 Å². The predicted octanol–water partition coefficient (Wildman–Crippen LogP) is 2.72. The molecule has 0 saturated carbocycles. The topological polar surface area (TPSA) is 70.9 Å². The van der Waals surface area contributed by atoms with E-state index < -0.39 is 29.8 Å². The molecule has 0 aliphatic rings. The number of nitrogens with one attached hydrogen (secondary N) is 1. The molecule has 0 aromatic carbocycles. The van der Waals surface area contributed by atoms with E-state index in [1.165, 1.54) is 0 Å². The van der Waals surface area contributed by atoms with E-state index in [2.05, 4.69) is 10.5 Å². The first-order valence-electron chi connectivity index (χ1n) is 6.60. The van der Waals surface area contributed by atoms with Crippen LogP contribution in [0.3, 0.4) is 0 Å². The highest BCUT2D eigenvalue weighted by atomic mass is 19.4. The molecule has 8 heteroatoms. The number of hydrogen-bond donors (Lipinski definition) is 2. The number of oxime groups is 1. The highest BCUT2D eigenvalue weighted by Crippen LogP contribution is 2.21. The fraction of sp³-hybridized carbons (Fsp3) is 0.846. The first kappa shape index (κ1) is 19.7. The first-order valence-corrected chi connectivity index (χ1v) is 6.60. The molecular formula is C13H23F3N2O3. The van der Waals surface area contributed by atoms with E-state index in [9.17, 15) is 18.0 Å². The Bertz CT molecular complexity index is 363. The molecule has 0 amide bonds. The molecule has 0 bridgehead atoms. The SMILES string of the molecule is CC(C)C[C@H](NC(/C=N/O)C(F)(F)F)C(=O)OC(C)(C)C.